The number of aliphatic hydroxyl groups excluding tert-OH is 3. The molecule has 0 fully saturated rings. The summed E-state index contributed by atoms with van der Waals surface area (Å²) in [6, 6.07) is 0. The molecule has 9 heteroatoms. The quantitative estimate of drug-likeness (QED) is 0.549. The fourth-order valence-electron chi connectivity index (χ4n) is 1.14. The monoisotopic (exact) mass is 309 g/mol. The summed E-state index contributed by atoms with van der Waals surface area (Å²) in [7, 11) is -3.67. The van der Waals surface area contributed by atoms with Gasteiger partial charge in [-0.1, -0.05) is 0 Å². The van der Waals surface area contributed by atoms with Gasteiger partial charge in [0.05, 0.1) is 29.8 Å². The third-order valence-corrected chi connectivity index (χ3v) is 5.00. The Morgan fingerprint density at radius 1 is 1.24 bits per heavy atom. The van der Waals surface area contributed by atoms with Gasteiger partial charge in [-0.05, 0) is 37.4 Å². The van der Waals surface area contributed by atoms with E-state index in [2.05, 4.69) is 0 Å². The van der Waals surface area contributed by atoms with Crippen molar-refractivity contribution in [3.05, 3.63) is 0 Å². The van der Waals surface area contributed by atoms with E-state index in [1.165, 1.54) is 13.8 Å². The van der Waals surface area contributed by atoms with Gasteiger partial charge in [0.2, 0.25) is 0 Å². The van der Waals surface area contributed by atoms with Gasteiger partial charge in [-0.2, -0.15) is 0 Å². The van der Waals surface area contributed by atoms with Crippen molar-refractivity contribution < 1.29 is 23.7 Å². The Hall–Kier alpha value is 0.370. The smallest absolute Gasteiger partial charge is 0.154 e. The Morgan fingerprint density at radius 3 is 2.06 bits per heavy atom. The molecular formula is C8H17Cl2NO5S. The highest BCUT2D eigenvalue weighted by Gasteiger charge is 2.33. The zero-order valence-electron chi connectivity index (χ0n) is 9.55. The summed E-state index contributed by atoms with van der Waals surface area (Å²) >= 11 is 11.0. The summed E-state index contributed by atoms with van der Waals surface area (Å²) in [5, 5.41) is 27.0. The fraction of sp³-hybridized carbons (Fsp3) is 1.00. The molecule has 0 aromatic carbocycles. The number of halogens is 2. The topological polar surface area (TPSA) is 98.1 Å². The SMILES string of the molecule is CC(C)(CS(=O)(=O)CC(O)C(O)CO)N(Cl)Cl. The van der Waals surface area contributed by atoms with E-state index in [9.17, 15) is 13.5 Å². The first-order chi connectivity index (χ1) is 7.52. The minimum absolute atomic E-state index is 0.387. The minimum Gasteiger partial charge on any atom is -0.394 e. The van der Waals surface area contributed by atoms with E-state index in [0.717, 1.165) is 3.94 Å². The molecule has 0 radical (unpaired) electrons. The zero-order valence-corrected chi connectivity index (χ0v) is 11.9. The second-order valence-electron chi connectivity index (χ2n) is 4.42. The van der Waals surface area contributed by atoms with Gasteiger partial charge in [-0.3, -0.25) is 0 Å². The lowest BCUT2D eigenvalue weighted by molar-refractivity contribution is -0.00269. The van der Waals surface area contributed by atoms with Crippen molar-refractivity contribution in [1.29, 1.82) is 0 Å². The molecule has 17 heavy (non-hydrogen) atoms. The molecule has 2 atom stereocenters. The maximum absolute atomic E-state index is 11.7. The maximum Gasteiger partial charge on any atom is 0.154 e. The molecule has 104 valence electrons. The van der Waals surface area contributed by atoms with Gasteiger partial charge in [-0.25, -0.2) is 8.42 Å². The van der Waals surface area contributed by atoms with Crippen LogP contribution in [-0.4, -0.2) is 63.5 Å². The van der Waals surface area contributed by atoms with Crippen LogP contribution in [0.1, 0.15) is 13.8 Å². The number of hydrogen-bond acceptors (Lipinski definition) is 6. The Morgan fingerprint density at radius 2 is 1.71 bits per heavy atom. The van der Waals surface area contributed by atoms with Crippen LogP contribution in [0.25, 0.3) is 0 Å². The summed E-state index contributed by atoms with van der Waals surface area (Å²) in [5.41, 5.74) is -1.02. The zero-order chi connectivity index (χ0) is 13.9. The first kappa shape index (κ1) is 17.4. The molecule has 3 N–H and O–H groups in total. The van der Waals surface area contributed by atoms with Gasteiger partial charge in [-0.15, -0.1) is 3.94 Å². The van der Waals surface area contributed by atoms with Crippen LogP contribution >= 0.6 is 23.6 Å². The third kappa shape index (κ3) is 6.19. The summed E-state index contributed by atoms with van der Waals surface area (Å²) in [6.07, 6.45) is -3.03. The maximum atomic E-state index is 11.7. The predicted molar refractivity (Wildman–Crippen MR) is 65.4 cm³/mol. The van der Waals surface area contributed by atoms with E-state index in [4.69, 9.17) is 33.8 Å². The lowest BCUT2D eigenvalue weighted by atomic mass is 10.1. The summed E-state index contributed by atoms with van der Waals surface area (Å²) in [6.45, 7) is 2.32. The number of rotatable bonds is 7. The van der Waals surface area contributed by atoms with Crippen molar-refractivity contribution in [3.8, 4) is 0 Å². The van der Waals surface area contributed by atoms with Crippen molar-refractivity contribution >= 4 is 33.4 Å². The van der Waals surface area contributed by atoms with Crippen molar-refractivity contribution in [2.45, 2.75) is 31.6 Å². The molecule has 6 nitrogen and oxygen atoms in total. The summed E-state index contributed by atoms with van der Waals surface area (Å²) in [5.74, 6) is -1.05. The second kappa shape index (κ2) is 6.51. The van der Waals surface area contributed by atoms with E-state index >= 15 is 0 Å². The van der Waals surface area contributed by atoms with Gasteiger partial charge in [0.15, 0.2) is 9.84 Å². The molecule has 0 aliphatic heterocycles. The van der Waals surface area contributed by atoms with E-state index in [-0.39, 0.29) is 5.75 Å². The van der Waals surface area contributed by atoms with Gasteiger partial charge in [0.25, 0.3) is 0 Å². The molecular weight excluding hydrogens is 293 g/mol. The highest BCUT2D eigenvalue weighted by atomic mass is 35.5. The molecule has 0 aliphatic rings. The van der Waals surface area contributed by atoms with Gasteiger partial charge in [0, 0.05) is 0 Å². The molecule has 0 bridgehead atoms. The van der Waals surface area contributed by atoms with Crippen LogP contribution in [0.3, 0.4) is 0 Å². The summed E-state index contributed by atoms with van der Waals surface area (Å²) < 4.78 is 24.1. The standard InChI is InChI=1S/C8H17Cl2NO5S/c1-8(2,11(9)10)5-17(15,16)4-7(14)6(13)3-12/h6-7,12-14H,3-5H2,1-2H3. The van der Waals surface area contributed by atoms with E-state index in [0.29, 0.717) is 0 Å². The fourth-order valence-corrected chi connectivity index (χ4v) is 3.47. The normalized spacial score (nSPS) is 17.2. The highest BCUT2D eigenvalue weighted by Crippen LogP contribution is 2.22. The molecule has 0 aliphatic carbocycles. The Balaban J connectivity index is 4.61. The largest absolute Gasteiger partial charge is 0.394 e. The lowest BCUT2D eigenvalue weighted by Crippen LogP contribution is -2.43. The van der Waals surface area contributed by atoms with Crippen LogP contribution in [0.5, 0.6) is 0 Å². The first-order valence-electron chi connectivity index (χ1n) is 4.81. The van der Waals surface area contributed by atoms with Crippen molar-refractivity contribution in [2.24, 2.45) is 0 Å². The average Bonchev–Trinajstić information content (AvgIpc) is 2.13. The van der Waals surface area contributed by atoms with Crippen LogP contribution in [-0.2, 0) is 9.84 Å². The highest BCUT2D eigenvalue weighted by molar-refractivity contribution is 7.91. The Kier molecular flexibility index (Phi) is 6.65. The van der Waals surface area contributed by atoms with Crippen molar-refractivity contribution in [1.82, 2.24) is 3.94 Å². The number of nitrogens with zero attached hydrogens (tertiary/aromatic N) is 1. The lowest BCUT2D eigenvalue weighted by Gasteiger charge is -2.27. The minimum atomic E-state index is -3.67. The molecule has 0 aromatic heterocycles. The average molecular weight is 310 g/mol. The molecule has 0 saturated carbocycles. The molecule has 0 spiro atoms. The number of sulfone groups is 1. The Labute approximate surface area is 111 Å². The second-order valence-corrected chi connectivity index (χ2v) is 7.38. The number of aliphatic hydroxyl groups is 3. The van der Waals surface area contributed by atoms with Crippen LogP contribution in [0, 0.1) is 0 Å². The van der Waals surface area contributed by atoms with E-state index < -0.39 is 39.9 Å². The molecule has 0 heterocycles. The van der Waals surface area contributed by atoms with Crippen molar-refractivity contribution in [3.63, 3.8) is 0 Å². The molecule has 0 aromatic rings. The molecule has 0 amide bonds. The van der Waals surface area contributed by atoms with Gasteiger partial charge in [0.1, 0.15) is 6.10 Å². The molecule has 0 rings (SSSR count). The van der Waals surface area contributed by atoms with E-state index in [1.807, 2.05) is 0 Å². The van der Waals surface area contributed by atoms with Crippen LogP contribution < -0.4 is 0 Å². The molecule has 2 unspecified atom stereocenters. The van der Waals surface area contributed by atoms with Crippen LogP contribution in [0.4, 0.5) is 0 Å². The van der Waals surface area contributed by atoms with Crippen molar-refractivity contribution in [2.75, 3.05) is 18.1 Å². The third-order valence-electron chi connectivity index (χ3n) is 2.09. The van der Waals surface area contributed by atoms with Crippen LogP contribution in [0.2, 0.25) is 0 Å². The van der Waals surface area contributed by atoms with Gasteiger partial charge < -0.3 is 15.3 Å². The molecule has 0 saturated heterocycles. The van der Waals surface area contributed by atoms with Crippen LogP contribution in [0.15, 0.2) is 0 Å². The predicted octanol–water partition coefficient (Wildman–Crippen LogP) is -0.497. The Bertz CT molecular complexity index is 333. The number of hydrogen-bond donors (Lipinski definition) is 3. The first-order valence-corrected chi connectivity index (χ1v) is 7.31. The summed E-state index contributed by atoms with van der Waals surface area (Å²) in [4.78, 5) is 0. The van der Waals surface area contributed by atoms with Gasteiger partial charge >= 0.3 is 0 Å². The van der Waals surface area contributed by atoms with E-state index in [1.54, 1.807) is 0 Å².